The summed E-state index contributed by atoms with van der Waals surface area (Å²) in [6, 6.07) is 8.29. The second-order valence-electron chi connectivity index (χ2n) is 4.72. The molecule has 0 fully saturated rings. The number of halogens is 1. The van der Waals surface area contributed by atoms with Crippen molar-refractivity contribution in [1.29, 1.82) is 0 Å². The van der Waals surface area contributed by atoms with Crippen molar-refractivity contribution in [2.75, 3.05) is 0 Å². The Hall–Kier alpha value is -1.79. The second kappa shape index (κ2) is 5.54. The molecular weight excluding hydrogens is 307 g/mol. The molecule has 2 aromatic heterocycles. The zero-order valence-corrected chi connectivity index (χ0v) is 13.0. The Bertz CT molecular complexity index is 923. The number of aromatic nitrogens is 2. The van der Waals surface area contributed by atoms with Gasteiger partial charge in [0, 0.05) is 10.4 Å². The van der Waals surface area contributed by atoms with Gasteiger partial charge in [-0.15, -0.1) is 11.3 Å². The first kappa shape index (κ1) is 14.2. The number of H-pyrrole nitrogens is 1. The molecule has 0 aliphatic rings. The number of nitrogens with one attached hydrogen (secondary N) is 1. The molecule has 0 amide bonds. The van der Waals surface area contributed by atoms with Gasteiger partial charge in [0.1, 0.15) is 10.6 Å². The highest BCUT2D eigenvalue weighted by atomic mass is 32.1. The Morgan fingerprint density at radius 3 is 2.86 bits per heavy atom. The van der Waals surface area contributed by atoms with Crippen LogP contribution < -0.4 is 5.56 Å². The number of aromatic amines is 1. The molecular formula is C15H13FN2OS2. The van der Waals surface area contributed by atoms with Gasteiger partial charge in [-0.3, -0.25) is 9.36 Å². The molecule has 21 heavy (non-hydrogen) atoms. The minimum atomic E-state index is -0.335. The van der Waals surface area contributed by atoms with E-state index in [1.165, 1.54) is 22.0 Å². The summed E-state index contributed by atoms with van der Waals surface area (Å²) in [4.78, 5) is 17.5. The highest BCUT2D eigenvalue weighted by Gasteiger charge is 2.11. The predicted octanol–water partition coefficient (Wildman–Crippen LogP) is 3.87. The Morgan fingerprint density at radius 2 is 2.14 bits per heavy atom. The van der Waals surface area contributed by atoms with E-state index in [9.17, 15) is 9.18 Å². The van der Waals surface area contributed by atoms with Crippen LogP contribution in [0.25, 0.3) is 10.2 Å². The van der Waals surface area contributed by atoms with E-state index in [-0.39, 0.29) is 17.9 Å². The topological polar surface area (TPSA) is 37.8 Å². The van der Waals surface area contributed by atoms with Crippen LogP contribution in [-0.2, 0) is 13.0 Å². The maximum Gasteiger partial charge on any atom is 0.263 e. The summed E-state index contributed by atoms with van der Waals surface area (Å²) >= 11 is 6.78. The molecule has 0 radical (unpaired) electrons. The van der Waals surface area contributed by atoms with Crippen molar-refractivity contribution in [3.63, 3.8) is 0 Å². The molecule has 0 atom stereocenters. The standard InChI is InChI=1S/C15H13FN2OS2/c1-2-10-7-11-13(21-10)17-15(20)18(14(11)19)8-9-5-3-4-6-12(9)16/h3-7H,2,8H2,1H3,(H,17,20). The van der Waals surface area contributed by atoms with Crippen LogP contribution in [0.5, 0.6) is 0 Å². The van der Waals surface area contributed by atoms with E-state index in [2.05, 4.69) is 4.98 Å². The second-order valence-corrected chi connectivity index (χ2v) is 6.25. The number of nitrogens with zero attached hydrogens (tertiary/aromatic N) is 1. The SMILES string of the molecule is CCc1cc2c(=O)n(Cc3ccccc3F)c(=S)[nH]c2s1. The van der Waals surface area contributed by atoms with Gasteiger partial charge in [0.2, 0.25) is 0 Å². The molecule has 3 aromatic rings. The molecule has 0 spiro atoms. The van der Waals surface area contributed by atoms with Gasteiger partial charge in [0.05, 0.1) is 11.9 Å². The Balaban J connectivity index is 2.17. The molecule has 6 heteroatoms. The van der Waals surface area contributed by atoms with Crippen molar-refractivity contribution in [1.82, 2.24) is 9.55 Å². The molecule has 3 nitrogen and oxygen atoms in total. The lowest BCUT2D eigenvalue weighted by Gasteiger charge is -2.07. The van der Waals surface area contributed by atoms with Crippen LogP contribution in [0.1, 0.15) is 17.4 Å². The van der Waals surface area contributed by atoms with Gasteiger partial charge in [0.15, 0.2) is 4.77 Å². The van der Waals surface area contributed by atoms with E-state index in [0.717, 1.165) is 16.1 Å². The molecule has 2 heterocycles. The fourth-order valence-corrected chi connectivity index (χ4v) is 3.51. The number of hydrogen-bond acceptors (Lipinski definition) is 3. The van der Waals surface area contributed by atoms with Gasteiger partial charge in [0.25, 0.3) is 5.56 Å². The van der Waals surface area contributed by atoms with Gasteiger partial charge >= 0.3 is 0 Å². The molecule has 1 N–H and O–H groups in total. The predicted molar refractivity (Wildman–Crippen MR) is 86.1 cm³/mol. The molecule has 0 aliphatic heterocycles. The lowest BCUT2D eigenvalue weighted by Crippen LogP contribution is -2.22. The average molecular weight is 320 g/mol. The first-order valence-corrected chi connectivity index (χ1v) is 7.81. The Morgan fingerprint density at radius 1 is 1.38 bits per heavy atom. The zero-order chi connectivity index (χ0) is 15.0. The molecule has 0 saturated heterocycles. The lowest BCUT2D eigenvalue weighted by atomic mass is 10.2. The Kier molecular flexibility index (Phi) is 3.73. The number of fused-ring (bicyclic) bond motifs is 1. The summed E-state index contributed by atoms with van der Waals surface area (Å²) in [5, 5.41) is 0.613. The largest absolute Gasteiger partial charge is 0.323 e. The molecule has 0 aliphatic carbocycles. The van der Waals surface area contributed by atoms with Crippen molar-refractivity contribution >= 4 is 33.8 Å². The van der Waals surface area contributed by atoms with Gasteiger partial charge in [-0.05, 0) is 30.8 Å². The summed E-state index contributed by atoms with van der Waals surface area (Å²) in [5.41, 5.74) is 0.275. The summed E-state index contributed by atoms with van der Waals surface area (Å²) in [7, 11) is 0. The van der Waals surface area contributed by atoms with Crippen molar-refractivity contribution in [2.45, 2.75) is 19.9 Å². The van der Waals surface area contributed by atoms with Gasteiger partial charge in [-0.2, -0.15) is 0 Å². The normalized spacial score (nSPS) is 11.1. The van der Waals surface area contributed by atoms with Gasteiger partial charge in [-0.1, -0.05) is 25.1 Å². The van der Waals surface area contributed by atoms with Crippen molar-refractivity contribution in [2.24, 2.45) is 0 Å². The van der Waals surface area contributed by atoms with Crippen LogP contribution >= 0.6 is 23.6 Å². The van der Waals surface area contributed by atoms with Crippen LogP contribution in [0.4, 0.5) is 4.39 Å². The number of rotatable bonds is 3. The Labute approximate surface area is 129 Å². The number of thiophene rings is 1. The fourth-order valence-electron chi connectivity index (χ4n) is 2.21. The molecule has 0 bridgehead atoms. The zero-order valence-electron chi connectivity index (χ0n) is 11.4. The van der Waals surface area contributed by atoms with E-state index >= 15 is 0 Å². The molecule has 0 saturated carbocycles. The minimum Gasteiger partial charge on any atom is -0.323 e. The smallest absolute Gasteiger partial charge is 0.263 e. The van der Waals surface area contributed by atoms with Crippen molar-refractivity contribution < 1.29 is 4.39 Å². The first-order valence-electron chi connectivity index (χ1n) is 6.59. The highest BCUT2D eigenvalue weighted by Crippen LogP contribution is 2.21. The monoisotopic (exact) mass is 320 g/mol. The minimum absolute atomic E-state index is 0.133. The van der Waals surface area contributed by atoms with Crippen LogP contribution in [0.2, 0.25) is 0 Å². The molecule has 3 rings (SSSR count). The number of hydrogen-bond donors (Lipinski definition) is 1. The van der Waals surface area contributed by atoms with Crippen LogP contribution in [0.15, 0.2) is 35.1 Å². The highest BCUT2D eigenvalue weighted by molar-refractivity contribution is 7.71. The third-order valence-corrected chi connectivity index (χ3v) is 4.88. The molecule has 0 unspecified atom stereocenters. The quantitative estimate of drug-likeness (QED) is 0.744. The summed E-state index contributed by atoms with van der Waals surface area (Å²) < 4.78 is 15.5. The number of aryl methyl sites for hydroxylation is 1. The molecule has 1 aromatic carbocycles. The third kappa shape index (κ3) is 2.56. The maximum absolute atomic E-state index is 13.8. The fraction of sp³-hybridized carbons (Fsp3) is 0.200. The van der Waals surface area contributed by atoms with Crippen LogP contribution in [0, 0.1) is 10.6 Å². The number of benzene rings is 1. The maximum atomic E-state index is 13.8. The van der Waals surface area contributed by atoms with Crippen molar-refractivity contribution in [3.8, 4) is 0 Å². The van der Waals surface area contributed by atoms with E-state index in [1.54, 1.807) is 18.2 Å². The lowest BCUT2D eigenvalue weighted by molar-refractivity contribution is 0.594. The summed E-state index contributed by atoms with van der Waals surface area (Å²) in [6.45, 7) is 2.17. The third-order valence-electron chi connectivity index (χ3n) is 3.36. The summed E-state index contributed by atoms with van der Waals surface area (Å²) in [6.07, 6.45) is 0.868. The van der Waals surface area contributed by atoms with Gasteiger partial charge in [-0.25, -0.2) is 4.39 Å². The van der Waals surface area contributed by atoms with Crippen LogP contribution in [0.3, 0.4) is 0 Å². The van der Waals surface area contributed by atoms with E-state index in [4.69, 9.17) is 12.2 Å². The first-order chi connectivity index (χ1) is 10.1. The van der Waals surface area contributed by atoms with Crippen molar-refractivity contribution in [3.05, 3.63) is 61.7 Å². The van der Waals surface area contributed by atoms with Crippen LogP contribution in [-0.4, -0.2) is 9.55 Å². The summed E-state index contributed by atoms with van der Waals surface area (Å²) in [5.74, 6) is -0.335. The average Bonchev–Trinajstić information content (AvgIpc) is 2.88. The van der Waals surface area contributed by atoms with E-state index in [0.29, 0.717) is 15.7 Å². The van der Waals surface area contributed by atoms with Gasteiger partial charge < -0.3 is 4.98 Å². The molecule has 108 valence electrons. The van der Waals surface area contributed by atoms with E-state index in [1.807, 2.05) is 13.0 Å². The van der Waals surface area contributed by atoms with E-state index < -0.39 is 0 Å².